The second-order valence-electron chi connectivity index (χ2n) is 7.57. The van der Waals surface area contributed by atoms with Gasteiger partial charge in [-0.15, -0.1) is 0 Å². The lowest BCUT2D eigenvalue weighted by atomic mass is 10.0. The molecule has 0 aliphatic heterocycles. The van der Waals surface area contributed by atoms with E-state index in [1.54, 1.807) is 49.4 Å². The van der Waals surface area contributed by atoms with Crippen LogP contribution in [-0.2, 0) is 15.5 Å². The minimum atomic E-state index is -3.48. The van der Waals surface area contributed by atoms with Crippen LogP contribution in [0.5, 0.6) is 5.75 Å². The van der Waals surface area contributed by atoms with Crippen LogP contribution in [0.25, 0.3) is 10.8 Å². The quantitative estimate of drug-likeness (QED) is 0.274. The molecule has 3 aromatic rings. The van der Waals surface area contributed by atoms with Crippen LogP contribution in [0.4, 0.5) is 4.79 Å². The van der Waals surface area contributed by atoms with Gasteiger partial charge in [-0.3, -0.25) is 9.36 Å². The highest BCUT2D eigenvalue weighted by atomic mass is 31.2. The number of aromatic carboxylic acids is 1. The number of para-hydroxylation sites is 1. The Morgan fingerprint density at radius 1 is 1.06 bits per heavy atom. The number of rotatable bonds is 11. The third-order valence-electron chi connectivity index (χ3n) is 4.70. The second kappa shape index (κ2) is 11.3. The summed E-state index contributed by atoms with van der Waals surface area (Å²) < 4.78 is 25.0. The van der Waals surface area contributed by atoms with E-state index < -0.39 is 19.2 Å². The summed E-state index contributed by atoms with van der Waals surface area (Å²) in [6.07, 6.45) is 0.799. The maximum Gasteiger partial charge on any atom is 0.335 e. The lowest BCUT2D eigenvalue weighted by Crippen LogP contribution is -2.35. The fourth-order valence-electron chi connectivity index (χ4n) is 3.26. The third-order valence-corrected chi connectivity index (χ3v) is 7.97. The minimum Gasteiger partial charge on any atom is -0.478 e. The molecule has 2 N–H and O–H groups in total. The summed E-state index contributed by atoms with van der Waals surface area (Å²) in [7, 11) is -3.70. The number of fused-ring (bicyclic) bond motifs is 1. The first-order valence-electron chi connectivity index (χ1n) is 10.6. The Morgan fingerprint density at radius 3 is 2.48 bits per heavy atom. The van der Waals surface area contributed by atoms with Crippen molar-refractivity contribution in [3.63, 3.8) is 0 Å². The van der Waals surface area contributed by atoms with Crippen molar-refractivity contribution in [2.45, 2.75) is 32.1 Å². The lowest BCUT2D eigenvalue weighted by molar-refractivity contribution is 0.0697. The van der Waals surface area contributed by atoms with Crippen LogP contribution in [0.1, 0.15) is 36.2 Å². The molecule has 0 spiro atoms. The maximum atomic E-state index is 13.9. The molecule has 2 atom stereocenters. The molecule has 33 heavy (non-hydrogen) atoms. The number of carboxylic acids is 1. The average molecular weight is 484 g/mol. The molecule has 3 aromatic carbocycles. The van der Waals surface area contributed by atoms with Crippen LogP contribution in [0.15, 0.2) is 66.7 Å². The van der Waals surface area contributed by atoms with Crippen LogP contribution in [0.2, 0.25) is 0 Å². The highest BCUT2D eigenvalue weighted by Crippen LogP contribution is 2.47. The van der Waals surface area contributed by atoms with Crippen molar-refractivity contribution in [3.8, 4) is 5.75 Å². The van der Waals surface area contributed by atoms with Crippen molar-refractivity contribution in [1.29, 1.82) is 0 Å². The molecular formula is C24H26NO6PSi. The summed E-state index contributed by atoms with van der Waals surface area (Å²) in [6.45, 7) is 4.04. The number of hydrogen-bond donors (Lipinski definition) is 2. The normalized spacial score (nSPS) is 13.8. The van der Waals surface area contributed by atoms with E-state index in [9.17, 15) is 19.3 Å². The molecule has 0 saturated carbocycles. The fraction of sp³-hybridized carbons (Fsp3) is 0.250. The molecule has 0 heterocycles. The van der Waals surface area contributed by atoms with Crippen molar-refractivity contribution < 1.29 is 28.5 Å². The first-order valence-corrected chi connectivity index (χ1v) is 13.5. The Labute approximate surface area is 195 Å². The molecule has 0 saturated heterocycles. The molecule has 0 aliphatic carbocycles. The van der Waals surface area contributed by atoms with Gasteiger partial charge in [0.1, 0.15) is 5.75 Å². The third kappa shape index (κ3) is 7.28. The van der Waals surface area contributed by atoms with Crippen LogP contribution in [0, 0.1) is 0 Å². The van der Waals surface area contributed by atoms with Crippen molar-refractivity contribution in [3.05, 3.63) is 77.9 Å². The number of carbonyl (C=O) groups is 2. The number of ether oxygens (including phenoxy) is 1. The Bertz CT molecular complexity index is 1170. The van der Waals surface area contributed by atoms with Crippen molar-refractivity contribution in [2.24, 2.45) is 0 Å². The van der Waals surface area contributed by atoms with E-state index in [1.165, 1.54) is 0 Å². The van der Waals surface area contributed by atoms with Crippen LogP contribution >= 0.6 is 7.52 Å². The Hall–Kier alpha value is -2.93. The summed E-state index contributed by atoms with van der Waals surface area (Å²) in [5, 5.41) is 13.9. The number of hydrogen-bond acceptors (Lipinski definition) is 5. The monoisotopic (exact) mass is 483 g/mol. The Balaban J connectivity index is 1.85. The molecule has 0 aliphatic rings. The molecule has 3 rings (SSSR count). The van der Waals surface area contributed by atoms with Crippen LogP contribution in [0.3, 0.4) is 0 Å². The molecule has 0 fully saturated rings. The first kappa shape index (κ1) is 24.7. The molecule has 1 unspecified atom stereocenters. The lowest BCUT2D eigenvalue weighted by Gasteiger charge is -2.24. The predicted molar refractivity (Wildman–Crippen MR) is 129 cm³/mol. The zero-order chi connectivity index (χ0) is 23.8. The first-order chi connectivity index (χ1) is 15.8. The SMILES string of the molecule is CCCOC(=O)[Si][C@H](C)NP(=O)(Cc1ccc2ccc(C(=O)O)cc2c1)Oc1ccccc1. The molecule has 7 nitrogen and oxygen atoms in total. The van der Waals surface area contributed by atoms with Gasteiger partial charge in [-0.1, -0.05) is 56.3 Å². The summed E-state index contributed by atoms with van der Waals surface area (Å²) in [4.78, 5) is 23.3. The van der Waals surface area contributed by atoms with Gasteiger partial charge in [-0.25, -0.2) is 9.88 Å². The maximum absolute atomic E-state index is 13.9. The van der Waals surface area contributed by atoms with E-state index in [-0.39, 0.29) is 26.8 Å². The van der Waals surface area contributed by atoms with E-state index in [4.69, 9.17) is 9.26 Å². The number of nitrogens with one attached hydrogen (secondary N) is 1. The van der Waals surface area contributed by atoms with Gasteiger partial charge in [0.2, 0.25) is 9.52 Å². The highest BCUT2D eigenvalue weighted by Gasteiger charge is 2.29. The zero-order valence-corrected chi connectivity index (χ0v) is 20.4. The fourth-order valence-corrected chi connectivity index (χ4v) is 6.59. The minimum absolute atomic E-state index is 0.0635. The van der Waals surface area contributed by atoms with Crippen LogP contribution in [-0.4, -0.2) is 38.5 Å². The van der Waals surface area contributed by atoms with E-state index in [2.05, 4.69) is 5.09 Å². The van der Waals surface area contributed by atoms with E-state index >= 15 is 0 Å². The summed E-state index contributed by atoms with van der Waals surface area (Å²) in [5.74, 6) is -0.557. The van der Waals surface area contributed by atoms with Gasteiger partial charge in [0.25, 0.3) is 5.59 Å². The Kier molecular flexibility index (Phi) is 8.44. The number of carboxylic acid groups (broad SMARTS) is 1. The van der Waals surface area contributed by atoms with Gasteiger partial charge in [0.05, 0.1) is 18.3 Å². The Morgan fingerprint density at radius 2 is 1.79 bits per heavy atom. The molecular weight excluding hydrogens is 457 g/mol. The molecule has 0 aromatic heterocycles. The molecule has 2 radical (unpaired) electrons. The second-order valence-corrected chi connectivity index (χ2v) is 11.2. The largest absolute Gasteiger partial charge is 0.478 e. The van der Waals surface area contributed by atoms with E-state index in [0.29, 0.717) is 12.4 Å². The van der Waals surface area contributed by atoms with Gasteiger partial charge in [-0.05, 0) is 47.0 Å². The zero-order valence-electron chi connectivity index (χ0n) is 18.5. The van der Waals surface area contributed by atoms with Crippen molar-refractivity contribution in [2.75, 3.05) is 6.61 Å². The topological polar surface area (TPSA) is 102 Å². The van der Waals surface area contributed by atoms with E-state index in [1.807, 2.05) is 31.2 Å². The molecule has 0 amide bonds. The molecule has 9 heteroatoms. The van der Waals surface area contributed by atoms with Gasteiger partial charge in [0, 0.05) is 5.67 Å². The van der Waals surface area contributed by atoms with Gasteiger partial charge < -0.3 is 14.4 Å². The average Bonchev–Trinajstić information content (AvgIpc) is 2.77. The van der Waals surface area contributed by atoms with Gasteiger partial charge in [0.15, 0.2) is 0 Å². The summed E-state index contributed by atoms with van der Waals surface area (Å²) in [5.41, 5.74) is 0.154. The number of benzene rings is 3. The molecule has 0 bridgehead atoms. The van der Waals surface area contributed by atoms with E-state index in [0.717, 1.165) is 22.8 Å². The number of carbonyl (C=O) groups excluding carboxylic acids is 1. The molecule has 172 valence electrons. The van der Waals surface area contributed by atoms with Crippen molar-refractivity contribution >= 4 is 39.4 Å². The van der Waals surface area contributed by atoms with Crippen molar-refractivity contribution in [1.82, 2.24) is 5.09 Å². The van der Waals surface area contributed by atoms with Gasteiger partial charge in [-0.2, -0.15) is 0 Å². The smallest absolute Gasteiger partial charge is 0.335 e. The predicted octanol–water partition coefficient (Wildman–Crippen LogP) is 5.50. The highest BCUT2D eigenvalue weighted by molar-refractivity contribution is 7.56. The standard InChI is InChI=1S/C24H26NO6PSi/c1-3-13-30-24(28)33-17(2)25-32(29,31-22-7-5-4-6-8-22)16-18-9-10-19-11-12-20(23(26)27)15-21(19)14-18/h4-12,14-15,17H,3,13,16H2,1-2H3,(H,25,29)(H,26,27)/t17-,32?/m1/s1. The summed E-state index contributed by atoms with van der Waals surface area (Å²) in [6, 6.07) is 19.2. The summed E-state index contributed by atoms with van der Waals surface area (Å²) >= 11 is 0. The van der Waals surface area contributed by atoms with Gasteiger partial charge >= 0.3 is 13.5 Å². The van der Waals surface area contributed by atoms with Crippen LogP contribution < -0.4 is 9.61 Å².